The lowest BCUT2D eigenvalue weighted by molar-refractivity contribution is 0.415. The molecule has 0 bridgehead atoms. The van der Waals surface area contributed by atoms with Crippen LogP contribution in [-0.2, 0) is 6.54 Å². The van der Waals surface area contributed by atoms with Crippen molar-refractivity contribution in [1.29, 1.82) is 0 Å². The number of hydrogen-bond donors (Lipinski definition) is 1. The third kappa shape index (κ3) is 2.42. The molecule has 3 nitrogen and oxygen atoms in total. The van der Waals surface area contributed by atoms with Crippen LogP contribution in [0.1, 0.15) is 5.56 Å². The first-order valence-corrected chi connectivity index (χ1v) is 6.70. The number of H-pyrrole nitrogens is 1. The topological polar surface area (TPSA) is 29.9 Å². The first kappa shape index (κ1) is 13.8. The van der Waals surface area contributed by atoms with E-state index in [-0.39, 0.29) is 12.1 Å². The number of hydrogen-bond acceptors (Lipinski definition) is 2. The molecule has 1 N–H and O–H groups in total. The fourth-order valence-electron chi connectivity index (χ4n) is 2.27. The van der Waals surface area contributed by atoms with Crippen molar-refractivity contribution in [2.45, 2.75) is 6.54 Å². The minimum atomic E-state index is -0.584. The molecule has 0 aliphatic rings. The molecule has 0 aliphatic carbocycles. The van der Waals surface area contributed by atoms with E-state index in [4.69, 9.17) is 17.0 Å². The summed E-state index contributed by atoms with van der Waals surface area (Å²) in [4.78, 5) is 3.01. The Bertz CT molecular complexity index is 849. The van der Waals surface area contributed by atoms with Gasteiger partial charge in [-0.05, 0) is 36.5 Å². The molecule has 1 aromatic heterocycles. The first-order valence-electron chi connectivity index (χ1n) is 6.29. The van der Waals surface area contributed by atoms with Gasteiger partial charge in [-0.15, -0.1) is 0 Å². The van der Waals surface area contributed by atoms with Crippen molar-refractivity contribution < 1.29 is 13.5 Å². The van der Waals surface area contributed by atoms with Crippen molar-refractivity contribution in [2.75, 3.05) is 7.11 Å². The third-order valence-electron chi connectivity index (χ3n) is 3.36. The van der Waals surface area contributed by atoms with Gasteiger partial charge in [0, 0.05) is 11.6 Å². The minimum Gasteiger partial charge on any atom is -0.497 e. The van der Waals surface area contributed by atoms with Crippen LogP contribution in [-0.4, -0.2) is 16.7 Å². The molecule has 0 spiro atoms. The molecule has 0 aliphatic heterocycles. The number of fused-ring (bicyclic) bond motifs is 1. The molecule has 0 saturated carbocycles. The molecule has 1 heterocycles. The van der Waals surface area contributed by atoms with E-state index < -0.39 is 11.6 Å². The highest BCUT2D eigenvalue weighted by atomic mass is 32.1. The second kappa shape index (κ2) is 5.29. The highest BCUT2D eigenvalue weighted by Gasteiger charge is 2.12. The number of imidazole rings is 1. The number of benzene rings is 2. The van der Waals surface area contributed by atoms with Crippen molar-refractivity contribution in [2.24, 2.45) is 0 Å². The normalized spacial score (nSPS) is 11.0. The van der Waals surface area contributed by atoms with Crippen LogP contribution in [0.2, 0.25) is 0 Å². The van der Waals surface area contributed by atoms with Crippen LogP contribution in [0.25, 0.3) is 11.0 Å². The molecule has 3 rings (SSSR count). The highest BCUT2D eigenvalue weighted by molar-refractivity contribution is 7.71. The molecular weight excluding hydrogens is 294 g/mol. The van der Waals surface area contributed by atoms with Gasteiger partial charge in [0.05, 0.1) is 24.7 Å². The molecule has 108 valence electrons. The Morgan fingerprint density at radius 3 is 2.57 bits per heavy atom. The SMILES string of the molecule is COc1ccc2c(c1)[nH]c(=S)n2Cc1c(F)cccc1F. The maximum Gasteiger partial charge on any atom is 0.178 e. The van der Waals surface area contributed by atoms with E-state index in [1.54, 1.807) is 29.9 Å². The van der Waals surface area contributed by atoms with Gasteiger partial charge in [-0.3, -0.25) is 0 Å². The summed E-state index contributed by atoms with van der Waals surface area (Å²) in [5.74, 6) is -0.484. The van der Waals surface area contributed by atoms with Crippen molar-refractivity contribution in [3.63, 3.8) is 0 Å². The van der Waals surface area contributed by atoms with Gasteiger partial charge in [0.15, 0.2) is 4.77 Å². The Labute approximate surface area is 124 Å². The van der Waals surface area contributed by atoms with Gasteiger partial charge >= 0.3 is 0 Å². The number of aromatic nitrogens is 2. The Morgan fingerprint density at radius 2 is 1.90 bits per heavy atom. The number of methoxy groups -OCH3 is 1. The fraction of sp³-hybridized carbons (Fsp3) is 0.133. The molecule has 0 unspecified atom stereocenters. The largest absolute Gasteiger partial charge is 0.497 e. The van der Waals surface area contributed by atoms with Gasteiger partial charge in [-0.2, -0.15) is 0 Å². The van der Waals surface area contributed by atoms with Gasteiger partial charge < -0.3 is 14.3 Å². The van der Waals surface area contributed by atoms with E-state index >= 15 is 0 Å². The van der Waals surface area contributed by atoms with Crippen molar-refractivity contribution in [3.05, 3.63) is 58.4 Å². The summed E-state index contributed by atoms with van der Waals surface area (Å²) in [6.45, 7) is 0.0314. The zero-order valence-corrected chi connectivity index (χ0v) is 12.0. The Hall–Kier alpha value is -2.21. The quantitative estimate of drug-likeness (QED) is 0.740. The lowest BCUT2D eigenvalue weighted by Gasteiger charge is -2.07. The van der Waals surface area contributed by atoms with Crippen LogP contribution in [0.3, 0.4) is 0 Å². The zero-order chi connectivity index (χ0) is 15.0. The summed E-state index contributed by atoms with van der Waals surface area (Å²) >= 11 is 5.24. The number of rotatable bonds is 3. The van der Waals surface area contributed by atoms with Crippen LogP contribution < -0.4 is 4.74 Å². The van der Waals surface area contributed by atoms with Gasteiger partial charge in [0.2, 0.25) is 0 Å². The number of ether oxygens (including phenoxy) is 1. The predicted octanol–water partition coefficient (Wildman–Crippen LogP) is 4.03. The molecule has 0 radical (unpaired) electrons. The predicted molar refractivity (Wildman–Crippen MR) is 79.1 cm³/mol. The summed E-state index contributed by atoms with van der Waals surface area (Å²) in [6.07, 6.45) is 0. The maximum absolute atomic E-state index is 13.8. The van der Waals surface area contributed by atoms with E-state index in [0.29, 0.717) is 10.5 Å². The second-order valence-corrected chi connectivity index (χ2v) is 4.99. The van der Waals surface area contributed by atoms with Gasteiger partial charge in [-0.25, -0.2) is 8.78 Å². The Kier molecular flexibility index (Phi) is 3.47. The van der Waals surface area contributed by atoms with Gasteiger partial charge in [0.1, 0.15) is 17.4 Å². The summed E-state index contributed by atoms with van der Waals surface area (Å²) in [5.41, 5.74) is 1.52. The first-order chi connectivity index (χ1) is 10.1. The Balaban J connectivity index is 2.13. The summed E-state index contributed by atoms with van der Waals surface area (Å²) in [6, 6.07) is 9.19. The Morgan fingerprint density at radius 1 is 1.19 bits per heavy atom. The van der Waals surface area contributed by atoms with Gasteiger partial charge in [0.25, 0.3) is 0 Å². The minimum absolute atomic E-state index is 0.00896. The van der Waals surface area contributed by atoms with Crippen molar-refractivity contribution in [3.8, 4) is 5.75 Å². The van der Waals surface area contributed by atoms with Crippen molar-refractivity contribution in [1.82, 2.24) is 9.55 Å². The van der Waals surface area contributed by atoms with Crippen molar-refractivity contribution >= 4 is 23.3 Å². The summed E-state index contributed by atoms with van der Waals surface area (Å²) < 4.78 is 34.8. The molecule has 21 heavy (non-hydrogen) atoms. The summed E-state index contributed by atoms with van der Waals surface area (Å²) in [7, 11) is 1.57. The van der Waals surface area contributed by atoms with E-state index in [1.807, 2.05) is 0 Å². The number of halogens is 2. The molecule has 6 heteroatoms. The zero-order valence-electron chi connectivity index (χ0n) is 11.2. The lowest BCUT2D eigenvalue weighted by Crippen LogP contribution is -2.04. The molecule has 0 fully saturated rings. The average Bonchev–Trinajstić information content (AvgIpc) is 2.77. The van der Waals surface area contributed by atoms with Crippen LogP contribution in [0.4, 0.5) is 8.78 Å². The lowest BCUT2D eigenvalue weighted by atomic mass is 10.2. The smallest absolute Gasteiger partial charge is 0.178 e. The molecule has 3 aromatic rings. The van der Waals surface area contributed by atoms with Crippen LogP contribution >= 0.6 is 12.2 Å². The molecule has 0 amide bonds. The van der Waals surface area contributed by atoms with E-state index in [2.05, 4.69) is 4.98 Å². The van der Waals surface area contributed by atoms with Crippen LogP contribution in [0.5, 0.6) is 5.75 Å². The van der Waals surface area contributed by atoms with Crippen LogP contribution in [0, 0.1) is 16.4 Å². The number of nitrogens with zero attached hydrogens (tertiary/aromatic N) is 1. The molecule has 2 aromatic carbocycles. The van der Waals surface area contributed by atoms with E-state index in [0.717, 1.165) is 11.0 Å². The fourth-order valence-corrected chi connectivity index (χ4v) is 2.54. The summed E-state index contributed by atoms with van der Waals surface area (Å²) in [5, 5.41) is 0. The highest BCUT2D eigenvalue weighted by Crippen LogP contribution is 2.22. The third-order valence-corrected chi connectivity index (χ3v) is 3.68. The molecule has 0 saturated heterocycles. The standard InChI is InChI=1S/C15H12F2N2OS/c1-20-9-5-6-14-13(7-9)18-15(21)19(14)8-10-11(16)3-2-4-12(10)17/h2-7H,8H2,1H3,(H,18,21). The maximum atomic E-state index is 13.8. The van der Waals surface area contributed by atoms with E-state index in [9.17, 15) is 8.78 Å². The average molecular weight is 306 g/mol. The number of nitrogens with one attached hydrogen (secondary N) is 1. The molecular formula is C15H12F2N2OS. The second-order valence-electron chi connectivity index (χ2n) is 4.60. The van der Waals surface area contributed by atoms with Crippen LogP contribution in [0.15, 0.2) is 36.4 Å². The number of aromatic amines is 1. The monoisotopic (exact) mass is 306 g/mol. The van der Waals surface area contributed by atoms with E-state index in [1.165, 1.54) is 18.2 Å². The van der Waals surface area contributed by atoms with Gasteiger partial charge in [-0.1, -0.05) is 6.07 Å². The molecule has 0 atom stereocenters.